The van der Waals surface area contributed by atoms with Crippen molar-refractivity contribution in [1.29, 1.82) is 0 Å². The Morgan fingerprint density at radius 1 is 1.32 bits per heavy atom. The minimum Gasteiger partial charge on any atom is -0.506 e. The summed E-state index contributed by atoms with van der Waals surface area (Å²) in [5, 5.41) is 12.1. The number of aromatic nitrogens is 1. The van der Waals surface area contributed by atoms with Gasteiger partial charge in [0.1, 0.15) is 11.9 Å². The highest BCUT2D eigenvalue weighted by molar-refractivity contribution is 6.15. The van der Waals surface area contributed by atoms with E-state index in [9.17, 15) is 9.90 Å². The number of aromatic hydroxyl groups is 1. The summed E-state index contributed by atoms with van der Waals surface area (Å²) < 4.78 is 5.48. The number of phenols is 1. The quantitative estimate of drug-likeness (QED) is 0.522. The van der Waals surface area contributed by atoms with Gasteiger partial charge >= 0.3 is 5.97 Å². The molecule has 3 aromatic rings. The smallest absolute Gasteiger partial charge is 0.339 e. The van der Waals surface area contributed by atoms with Crippen LogP contribution >= 0.6 is 0 Å². The molecule has 2 heterocycles. The Labute approximate surface area is 127 Å². The molecule has 0 aliphatic carbocycles. The van der Waals surface area contributed by atoms with E-state index in [1.807, 2.05) is 44.2 Å². The minimum atomic E-state index is -0.408. The van der Waals surface area contributed by atoms with Gasteiger partial charge in [0.15, 0.2) is 0 Å². The normalized spacial score (nSPS) is 16.8. The lowest BCUT2D eigenvalue weighted by Gasteiger charge is -2.08. The Bertz CT molecular complexity index is 961. The fourth-order valence-corrected chi connectivity index (χ4v) is 3.16. The number of aromatic amines is 1. The van der Waals surface area contributed by atoms with Crippen LogP contribution in [-0.4, -0.2) is 16.1 Å². The second kappa shape index (κ2) is 4.37. The second-order valence-corrected chi connectivity index (χ2v) is 5.85. The second-order valence-electron chi connectivity index (χ2n) is 5.85. The van der Waals surface area contributed by atoms with E-state index in [1.165, 1.54) is 6.07 Å². The number of ether oxygens (including phenoxy) is 1. The largest absolute Gasteiger partial charge is 0.506 e. The van der Waals surface area contributed by atoms with Gasteiger partial charge in [-0.15, -0.1) is 0 Å². The van der Waals surface area contributed by atoms with E-state index in [2.05, 4.69) is 4.98 Å². The lowest BCUT2D eigenvalue weighted by atomic mass is 9.96. The number of para-hydroxylation sites is 1. The number of allylic oxidation sites excluding steroid dienone is 1. The van der Waals surface area contributed by atoms with Crippen molar-refractivity contribution in [3.63, 3.8) is 0 Å². The zero-order valence-electron chi connectivity index (χ0n) is 12.3. The zero-order valence-corrected chi connectivity index (χ0v) is 12.3. The molecule has 0 saturated heterocycles. The summed E-state index contributed by atoms with van der Waals surface area (Å²) in [7, 11) is 0. The van der Waals surface area contributed by atoms with Crippen LogP contribution in [0.25, 0.3) is 21.8 Å². The first-order valence-corrected chi connectivity index (χ1v) is 7.18. The lowest BCUT2D eigenvalue weighted by Crippen LogP contribution is -1.95. The number of carbonyl (C=O) groups excluding carboxylic acids is 1. The Morgan fingerprint density at radius 2 is 2.09 bits per heavy atom. The van der Waals surface area contributed by atoms with Crippen LogP contribution in [0.4, 0.5) is 0 Å². The van der Waals surface area contributed by atoms with Gasteiger partial charge in [-0.2, -0.15) is 0 Å². The molecular formula is C18H15NO3. The number of cyclic esters (lactones) is 1. The number of H-pyrrole nitrogens is 1. The number of fused-ring (bicyclic) bond motifs is 5. The fraction of sp³-hybridized carbons (Fsp3) is 0.167. The van der Waals surface area contributed by atoms with Gasteiger partial charge in [-0.25, -0.2) is 4.79 Å². The van der Waals surface area contributed by atoms with E-state index >= 15 is 0 Å². The highest BCUT2D eigenvalue weighted by Crippen LogP contribution is 2.44. The minimum absolute atomic E-state index is 0.0692. The Morgan fingerprint density at radius 3 is 2.86 bits per heavy atom. The van der Waals surface area contributed by atoms with Crippen molar-refractivity contribution in [1.82, 2.24) is 4.98 Å². The van der Waals surface area contributed by atoms with Crippen molar-refractivity contribution in [2.24, 2.45) is 0 Å². The number of phenolic OH excluding ortho intramolecular Hbond substituents is 1. The fourth-order valence-electron chi connectivity index (χ4n) is 3.16. The number of carbonyl (C=O) groups is 1. The van der Waals surface area contributed by atoms with E-state index in [0.717, 1.165) is 27.4 Å². The molecular weight excluding hydrogens is 278 g/mol. The molecule has 4 nitrogen and oxygen atoms in total. The maximum absolute atomic E-state index is 12.1. The van der Waals surface area contributed by atoms with Gasteiger partial charge in [-0.1, -0.05) is 23.8 Å². The molecule has 1 aliphatic rings. The molecule has 22 heavy (non-hydrogen) atoms. The molecule has 0 amide bonds. The highest BCUT2D eigenvalue weighted by Gasteiger charge is 2.33. The van der Waals surface area contributed by atoms with E-state index in [-0.39, 0.29) is 11.7 Å². The van der Waals surface area contributed by atoms with E-state index in [0.29, 0.717) is 11.1 Å². The molecule has 0 bridgehead atoms. The van der Waals surface area contributed by atoms with E-state index < -0.39 is 6.10 Å². The van der Waals surface area contributed by atoms with Crippen molar-refractivity contribution in [2.45, 2.75) is 20.0 Å². The van der Waals surface area contributed by atoms with Crippen LogP contribution in [0.2, 0.25) is 0 Å². The zero-order chi connectivity index (χ0) is 15.4. The third kappa shape index (κ3) is 1.67. The summed E-state index contributed by atoms with van der Waals surface area (Å²) in [6.07, 6.45) is 1.52. The van der Waals surface area contributed by atoms with Crippen molar-refractivity contribution in [2.75, 3.05) is 0 Å². The predicted octanol–water partition coefficient (Wildman–Crippen LogP) is 4.20. The van der Waals surface area contributed by atoms with Gasteiger partial charge in [0, 0.05) is 21.9 Å². The molecule has 110 valence electrons. The Kier molecular flexibility index (Phi) is 2.57. The van der Waals surface area contributed by atoms with Crippen molar-refractivity contribution >= 4 is 27.8 Å². The first kappa shape index (κ1) is 13.0. The first-order valence-electron chi connectivity index (χ1n) is 7.18. The number of esters is 1. The molecule has 4 heteroatoms. The van der Waals surface area contributed by atoms with Crippen LogP contribution < -0.4 is 0 Å². The van der Waals surface area contributed by atoms with Crippen LogP contribution in [0.5, 0.6) is 5.75 Å². The van der Waals surface area contributed by atoms with Crippen LogP contribution in [0.15, 0.2) is 42.0 Å². The van der Waals surface area contributed by atoms with Gasteiger partial charge in [0.25, 0.3) is 0 Å². The average molecular weight is 293 g/mol. The van der Waals surface area contributed by atoms with E-state index in [4.69, 9.17) is 4.74 Å². The van der Waals surface area contributed by atoms with Crippen LogP contribution in [0.3, 0.4) is 0 Å². The molecule has 1 aromatic heterocycles. The third-order valence-electron chi connectivity index (χ3n) is 4.03. The highest BCUT2D eigenvalue weighted by atomic mass is 16.5. The van der Waals surface area contributed by atoms with E-state index in [1.54, 1.807) is 0 Å². The van der Waals surface area contributed by atoms with Crippen LogP contribution in [0.1, 0.15) is 35.9 Å². The van der Waals surface area contributed by atoms with Crippen LogP contribution in [-0.2, 0) is 4.74 Å². The monoisotopic (exact) mass is 293 g/mol. The third-order valence-corrected chi connectivity index (χ3v) is 4.03. The Hall–Kier alpha value is -2.75. The van der Waals surface area contributed by atoms with Gasteiger partial charge < -0.3 is 14.8 Å². The number of benzene rings is 2. The number of hydrogen-bond donors (Lipinski definition) is 2. The van der Waals surface area contributed by atoms with Crippen molar-refractivity contribution in [3.05, 3.63) is 53.1 Å². The predicted molar refractivity (Wildman–Crippen MR) is 85.1 cm³/mol. The SMILES string of the molecule is CC(C)=CC1OC(=O)c2cc(O)c3[nH]c4ccccc4c3c21. The molecule has 1 aliphatic heterocycles. The number of rotatable bonds is 1. The summed E-state index contributed by atoms with van der Waals surface area (Å²) in [6, 6.07) is 9.31. The maximum Gasteiger partial charge on any atom is 0.339 e. The number of nitrogens with one attached hydrogen (secondary N) is 1. The van der Waals surface area contributed by atoms with Gasteiger partial charge in [-0.05, 0) is 32.1 Å². The summed E-state index contributed by atoms with van der Waals surface area (Å²) in [5.74, 6) is -0.320. The van der Waals surface area contributed by atoms with Gasteiger partial charge in [-0.3, -0.25) is 0 Å². The molecule has 1 atom stereocenters. The summed E-state index contributed by atoms with van der Waals surface area (Å²) in [6.45, 7) is 3.94. The molecule has 0 radical (unpaired) electrons. The molecule has 4 rings (SSSR count). The topological polar surface area (TPSA) is 62.3 Å². The molecule has 2 aromatic carbocycles. The molecule has 2 N–H and O–H groups in total. The van der Waals surface area contributed by atoms with Crippen molar-refractivity contribution < 1.29 is 14.6 Å². The van der Waals surface area contributed by atoms with Gasteiger partial charge in [0.2, 0.25) is 0 Å². The molecule has 0 spiro atoms. The molecule has 1 unspecified atom stereocenters. The van der Waals surface area contributed by atoms with Gasteiger partial charge in [0.05, 0.1) is 11.1 Å². The average Bonchev–Trinajstić information content (AvgIpc) is 2.98. The molecule has 0 saturated carbocycles. The summed E-state index contributed by atoms with van der Waals surface area (Å²) >= 11 is 0. The first-order chi connectivity index (χ1) is 10.6. The van der Waals surface area contributed by atoms with Crippen molar-refractivity contribution in [3.8, 4) is 5.75 Å². The standard InChI is InChI=1S/C18H15NO3/c1-9(2)7-14-15-11(18(21)22-14)8-13(20)17-16(15)10-5-3-4-6-12(10)19-17/h3-8,14,19-20H,1-2H3. The van der Waals surface area contributed by atoms with Crippen LogP contribution in [0, 0.1) is 0 Å². The maximum atomic E-state index is 12.1. The lowest BCUT2D eigenvalue weighted by molar-refractivity contribution is 0.0467. The number of hydrogen-bond acceptors (Lipinski definition) is 3. The Balaban J connectivity index is 2.18. The summed E-state index contributed by atoms with van der Waals surface area (Å²) in [4.78, 5) is 15.4. The summed E-state index contributed by atoms with van der Waals surface area (Å²) in [5.41, 5.74) is 3.92. The molecule has 0 fully saturated rings.